The normalized spacial score (nSPS) is 21.9. The Hall–Kier alpha value is -0.580. The average Bonchev–Trinajstić information content (AvgIpc) is 3.14. The summed E-state index contributed by atoms with van der Waals surface area (Å²) in [6.45, 7) is 5.44. The highest BCUT2D eigenvalue weighted by Crippen LogP contribution is 2.30. The average molecular weight is 353 g/mol. The van der Waals surface area contributed by atoms with E-state index >= 15 is 0 Å². The van der Waals surface area contributed by atoms with E-state index in [0.717, 1.165) is 29.3 Å². The van der Waals surface area contributed by atoms with Crippen LogP contribution in [0.5, 0.6) is 5.75 Å². The maximum atomic E-state index is 5.88. The van der Waals surface area contributed by atoms with Gasteiger partial charge in [-0.15, -0.1) is 0 Å². The molecule has 0 aromatic heterocycles. The van der Waals surface area contributed by atoms with Crippen LogP contribution in [0, 0.1) is 5.92 Å². The summed E-state index contributed by atoms with van der Waals surface area (Å²) in [6.07, 6.45) is 5.50. The van der Waals surface area contributed by atoms with Crippen LogP contribution in [-0.2, 0) is 0 Å². The molecule has 3 nitrogen and oxygen atoms in total. The first-order valence-electron chi connectivity index (χ1n) is 8.14. The van der Waals surface area contributed by atoms with Crippen molar-refractivity contribution in [3.05, 3.63) is 28.7 Å². The van der Waals surface area contributed by atoms with E-state index in [0.29, 0.717) is 6.04 Å². The number of hydrogen-bond donors (Lipinski definition) is 1. The first kappa shape index (κ1) is 15.3. The predicted octanol–water partition coefficient (Wildman–Crippen LogP) is 3.29. The van der Waals surface area contributed by atoms with Crippen molar-refractivity contribution in [3.8, 4) is 5.75 Å². The van der Waals surface area contributed by atoms with Gasteiger partial charge in [0, 0.05) is 30.1 Å². The third-order valence-electron chi connectivity index (χ3n) is 4.34. The van der Waals surface area contributed by atoms with Gasteiger partial charge in [-0.05, 0) is 62.4 Å². The molecule has 1 saturated heterocycles. The highest BCUT2D eigenvalue weighted by molar-refractivity contribution is 9.10. The van der Waals surface area contributed by atoms with Crippen molar-refractivity contribution in [1.82, 2.24) is 10.2 Å². The fraction of sp³-hybridized carbons (Fsp3) is 0.647. The molecule has 1 aromatic carbocycles. The van der Waals surface area contributed by atoms with Crippen molar-refractivity contribution in [2.45, 2.75) is 31.7 Å². The Balaban J connectivity index is 1.43. The minimum Gasteiger partial charge on any atom is -0.492 e. The number of rotatable bonds is 8. The van der Waals surface area contributed by atoms with Gasteiger partial charge in [0.2, 0.25) is 0 Å². The molecular formula is C17H25BrN2O. The molecule has 3 rings (SSSR count). The lowest BCUT2D eigenvalue weighted by Gasteiger charge is -2.25. The zero-order valence-corrected chi connectivity index (χ0v) is 14.1. The minimum atomic E-state index is 0.691. The number of nitrogens with zero attached hydrogens (tertiary/aromatic N) is 1. The molecule has 1 aliphatic heterocycles. The van der Waals surface area contributed by atoms with E-state index < -0.39 is 0 Å². The molecule has 21 heavy (non-hydrogen) atoms. The van der Waals surface area contributed by atoms with Gasteiger partial charge < -0.3 is 10.1 Å². The lowest BCUT2D eigenvalue weighted by atomic mass is 10.2. The maximum absolute atomic E-state index is 5.88. The van der Waals surface area contributed by atoms with Gasteiger partial charge in [-0.25, -0.2) is 0 Å². The van der Waals surface area contributed by atoms with Crippen molar-refractivity contribution in [1.29, 1.82) is 0 Å². The Morgan fingerprint density at radius 2 is 1.95 bits per heavy atom. The molecule has 4 heteroatoms. The van der Waals surface area contributed by atoms with E-state index in [1.54, 1.807) is 0 Å². The van der Waals surface area contributed by atoms with Crippen LogP contribution in [0.3, 0.4) is 0 Å². The van der Waals surface area contributed by atoms with Crippen LogP contribution in [-0.4, -0.2) is 43.7 Å². The Bertz CT molecular complexity index is 427. The summed E-state index contributed by atoms with van der Waals surface area (Å²) >= 11 is 3.45. The van der Waals surface area contributed by atoms with Gasteiger partial charge in [-0.2, -0.15) is 0 Å². The molecule has 0 bridgehead atoms. The van der Waals surface area contributed by atoms with E-state index in [1.807, 2.05) is 24.3 Å². The van der Waals surface area contributed by atoms with Gasteiger partial charge in [0.25, 0.3) is 0 Å². The van der Waals surface area contributed by atoms with Crippen LogP contribution in [0.1, 0.15) is 25.7 Å². The number of benzene rings is 1. The summed E-state index contributed by atoms with van der Waals surface area (Å²) in [5.74, 6) is 1.91. The zero-order chi connectivity index (χ0) is 14.5. The summed E-state index contributed by atoms with van der Waals surface area (Å²) in [5.41, 5.74) is 0. The molecule has 1 N–H and O–H groups in total. The van der Waals surface area contributed by atoms with Crippen LogP contribution in [0.4, 0.5) is 0 Å². The van der Waals surface area contributed by atoms with Gasteiger partial charge >= 0.3 is 0 Å². The molecule has 0 radical (unpaired) electrons. The Morgan fingerprint density at radius 1 is 1.14 bits per heavy atom. The summed E-state index contributed by atoms with van der Waals surface area (Å²) < 4.78 is 6.97. The first-order chi connectivity index (χ1) is 10.3. The fourth-order valence-electron chi connectivity index (χ4n) is 2.97. The molecular weight excluding hydrogens is 328 g/mol. The molecule has 2 aliphatic rings. The van der Waals surface area contributed by atoms with Crippen molar-refractivity contribution in [3.63, 3.8) is 0 Å². The molecule has 1 unspecified atom stereocenters. The van der Waals surface area contributed by atoms with Crippen LogP contribution in [0.15, 0.2) is 28.7 Å². The smallest absolute Gasteiger partial charge is 0.119 e. The monoisotopic (exact) mass is 352 g/mol. The van der Waals surface area contributed by atoms with Gasteiger partial charge in [0.05, 0.1) is 0 Å². The number of halogens is 1. The molecule has 116 valence electrons. The van der Waals surface area contributed by atoms with Gasteiger partial charge in [-0.3, -0.25) is 4.90 Å². The van der Waals surface area contributed by atoms with Crippen LogP contribution < -0.4 is 10.1 Å². The van der Waals surface area contributed by atoms with Gasteiger partial charge in [0.1, 0.15) is 12.4 Å². The zero-order valence-electron chi connectivity index (χ0n) is 12.6. The second-order valence-corrected chi connectivity index (χ2v) is 7.21. The van der Waals surface area contributed by atoms with Crippen molar-refractivity contribution < 1.29 is 4.74 Å². The molecule has 2 fully saturated rings. The second-order valence-electron chi connectivity index (χ2n) is 6.30. The Labute approximate surface area is 136 Å². The second kappa shape index (κ2) is 7.61. The molecule has 1 aromatic rings. The van der Waals surface area contributed by atoms with E-state index in [1.165, 1.54) is 45.3 Å². The lowest BCUT2D eigenvalue weighted by Crippen LogP contribution is -2.40. The van der Waals surface area contributed by atoms with Crippen LogP contribution in [0.2, 0.25) is 0 Å². The summed E-state index contributed by atoms with van der Waals surface area (Å²) in [6, 6.07) is 8.79. The molecule has 1 heterocycles. The van der Waals surface area contributed by atoms with Gasteiger partial charge in [-0.1, -0.05) is 15.9 Å². The summed E-state index contributed by atoms with van der Waals surface area (Å²) in [5, 5.41) is 3.61. The Morgan fingerprint density at radius 3 is 2.62 bits per heavy atom. The molecule has 0 amide bonds. The number of hydrogen-bond acceptors (Lipinski definition) is 3. The highest BCUT2D eigenvalue weighted by Gasteiger charge is 2.26. The van der Waals surface area contributed by atoms with Crippen molar-refractivity contribution in [2.24, 2.45) is 5.92 Å². The quantitative estimate of drug-likeness (QED) is 0.776. The SMILES string of the molecule is Brc1ccc(OCCN(CC2CC2)CC2CCCN2)cc1. The van der Waals surface area contributed by atoms with Crippen molar-refractivity contribution in [2.75, 3.05) is 32.8 Å². The maximum Gasteiger partial charge on any atom is 0.119 e. The minimum absolute atomic E-state index is 0.691. The number of nitrogens with one attached hydrogen (secondary N) is 1. The summed E-state index contributed by atoms with van der Waals surface area (Å²) in [4.78, 5) is 2.60. The molecule has 0 spiro atoms. The highest BCUT2D eigenvalue weighted by atomic mass is 79.9. The number of ether oxygens (including phenoxy) is 1. The molecule has 1 atom stereocenters. The third kappa shape index (κ3) is 5.28. The van der Waals surface area contributed by atoms with E-state index in [2.05, 4.69) is 26.1 Å². The molecule has 1 aliphatic carbocycles. The van der Waals surface area contributed by atoms with E-state index in [4.69, 9.17) is 4.74 Å². The predicted molar refractivity (Wildman–Crippen MR) is 89.8 cm³/mol. The first-order valence-corrected chi connectivity index (χ1v) is 8.93. The fourth-order valence-corrected chi connectivity index (χ4v) is 3.23. The van der Waals surface area contributed by atoms with Crippen LogP contribution in [0.25, 0.3) is 0 Å². The topological polar surface area (TPSA) is 24.5 Å². The third-order valence-corrected chi connectivity index (χ3v) is 4.87. The molecule has 1 saturated carbocycles. The standard InChI is InChI=1S/C17H25BrN2O/c18-15-5-7-17(8-6-15)21-11-10-20(12-14-3-4-14)13-16-2-1-9-19-16/h5-8,14,16,19H,1-4,9-13H2. The summed E-state index contributed by atoms with van der Waals surface area (Å²) in [7, 11) is 0. The Kier molecular flexibility index (Phi) is 5.55. The van der Waals surface area contributed by atoms with E-state index in [9.17, 15) is 0 Å². The van der Waals surface area contributed by atoms with E-state index in [-0.39, 0.29) is 0 Å². The lowest BCUT2D eigenvalue weighted by molar-refractivity contribution is 0.190. The van der Waals surface area contributed by atoms with Gasteiger partial charge in [0.15, 0.2) is 0 Å². The van der Waals surface area contributed by atoms with Crippen molar-refractivity contribution >= 4 is 15.9 Å². The largest absolute Gasteiger partial charge is 0.492 e. The van der Waals surface area contributed by atoms with Crippen LogP contribution >= 0.6 is 15.9 Å².